The van der Waals surface area contributed by atoms with Gasteiger partial charge in [-0.1, -0.05) is 28.1 Å². The Kier molecular flexibility index (Phi) is 4.12. The highest BCUT2D eigenvalue weighted by molar-refractivity contribution is 9.09. The zero-order valence-electron chi connectivity index (χ0n) is 8.14. The van der Waals surface area contributed by atoms with Crippen LogP contribution < -0.4 is 4.72 Å². The Morgan fingerprint density at radius 2 is 2.20 bits per heavy atom. The molecule has 0 saturated carbocycles. The second kappa shape index (κ2) is 4.96. The smallest absolute Gasteiger partial charge is 0.229 e. The van der Waals surface area contributed by atoms with Crippen LogP contribution in [-0.4, -0.2) is 25.1 Å². The number of alkyl halides is 1. The van der Waals surface area contributed by atoms with Crippen LogP contribution in [0.2, 0.25) is 0 Å². The highest BCUT2D eigenvalue weighted by Crippen LogP contribution is 2.19. The van der Waals surface area contributed by atoms with E-state index in [0.29, 0.717) is 16.6 Å². The molecule has 0 bridgehead atoms. The van der Waals surface area contributed by atoms with Crippen LogP contribution >= 0.6 is 15.9 Å². The van der Waals surface area contributed by atoms with E-state index in [1.165, 1.54) is 0 Å². The third-order valence-corrected chi connectivity index (χ3v) is 2.94. The molecule has 0 aliphatic rings. The van der Waals surface area contributed by atoms with Crippen LogP contribution in [-0.2, 0) is 10.0 Å². The molecule has 1 aromatic carbocycles. The van der Waals surface area contributed by atoms with Gasteiger partial charge in [0, 0.05) is 11.0 Å². The maximum atomic E-state index is 11.0. The molecule has 0 spiro atoms. The lowest BCUT2D eigenvalue weighted by Gasteiger charge is -2.09. The minimum absolute atomic E-state index is 0.412. The zero-order valence-corrected chi connectivity index (χ0v) is 10.5. The lowest BCUT2D eigenvalue weighted by atomic mass is 10.1. The summed E-state index contributed by atoms with van der Waals surface area (Å²) in [6.45, 7) is 0. The van der Waals surface area contributed by atoms with E-state index >= 15 is 0 Å². The molecule has 0 amide bonds. The van der Waals surface area contributed by atoms with Crippen molar-refractivity contribution in [3.8, 4) is 0 Å². The molecular weight excluding hydrogens is 282 g/mol. The van der Waals surface area contributed by atoms with Gasteiger partial charge >= 0.3 is 0 Å². The van der Waals surface area contributed by atoms with Crippen molar-refractivity contribution in [3.63, 3.8) is 0 Å². The monoisotopic (exact) mass is 293 g/mol. The molecule has 1 aromatic rings. The van der Waals surface area contributed by atoms with Crippen molar-refractivity contribution >= 4 is 31.6 Å². The second-order valence-electron chi connectivity index (χ2n) is 3.17. The molecule has 6 heteroatoms. The number of hydrogen-bond donors (Lipinski definition) is 2. The molecule has 15 heavy (non-hydrogen) atoms. The standard InChI is InChI=1S/C9H12BrNO3S/c1-15(13,14)11-8-4-2-3-7(5-8)9(12)6-10/h2-5,9,11-12H,6H2,1H3. The van der Waals surface area contributed by atoms with Crippen molar-refractivity contribution in [2.75, 3.05) is 16.3 Å². The Morgan fingerprint density at radius 3 is 2.73 bits per heavy atom. The van der Waals surface area contributed by atoms with Gasteiger partial charge in [0.1, 0.15) is 0 Å². The number of halogens is 1. The lowest BCUT2D eigenvalue weighted by Crippen LogP contribution is -2.10. The van der Waals surface area contributed by atoms with Gasteiger partial charge in [0.25, 0.3) is 0 Å². The molecule has 0 fully saturated rings. The number of aliphatic hydroxyl groups is 1. The van der Waals surface area contributed by atoms with Crippen LogP contribution in [0.5, 0.6) is 0 Å². The van der Waals surface area contributed by atoms with E-state index in [1.807, 2.05) is 0 Å². The summed E-state index contributed by atoms with van der Waals surface area (Å²) in [4.78, 5) is 0. The summed E-state index contributed by atoms with van der Waals surface area (Å²) in [5, 5.41) is 9.94. The van der Waals surface area contributed by atoms with Crippen LogP contribution in [0.4, 0.5) is 5.69 Å². The summed E-state index contributed by atoms with van der Waals surface area (Å²) in [5.41, 5.74) is 1.12. The molecule has 4 nitrogen and oxygen atoms in total. The van der Waals surface area contributed by atoms with E-state index in [-0.39, 0.29) is 0 Å². The highest BCUT2D eigenvalue weighted by Gasteiger charge is 2.07. The van der Waals surface area contributed by atoms with Gasteiger partial charge in [-0.2, -0.15) is 0 Å². The SMILES string of the molecule is CS(=O)(=O)Nc1cccc(C(O)CBr)c1. The summed E-state index contributed by atoms with van der Waals surface area (Å²) < 4.78 is 24.3. The van der Waals surface area contributed by atoms with Crippen LogP contribution in [0.25, 0.3) is 0 Å². The summed E-state index contributed by atoms with van der Waals surface area (Å²) in [6.07, 6.45) is 0.451. The first kappa shape index (κ1) is 12.5. The first-order chi connectivity index (χ1) is 6.92. The van der Waals surface area contributed by atoms with Crippen LogP contribution in [0.3, 0.4) is 0 Å². The van der Waals surface area contributed by atoms with E-state index in [9.17, 15) is 13.5 Å². The van der Waals surface area contributed by atoms with Gasteiger partial charge in [0.05, 0.1) is 12.4 Å². The third kappa shape index (κ3) is 4.19. The van der Waals surface area contributed by atoms with Gasteiger partial charge in [0.2, 0.25) is 10.0 Å². The Balaban J connectivity index is 2.93. The van der Waals surface area contributed by atoms with Crippen LogP contribution in [0.15, 0.2) is 24.3 Å². The van der Waals surface area contributed by atoms with E-state index in [4.69, 9.17) is 0 Å². The lowest BCUT2D eigenvalue weighted by molar-refractivity contribution is 0.205. The fourth-order valence-electron chi connectivity index (χ4n) is 1.11. The Labute approximate surface area is 97.5 Å². The number of sulfonamides is 1. The largest absolute Gasteiger partial charge is 0.388 e. The number of anilines is 1. The fraction of sp³-hybridized carbons (Fsp3) is 0.333. The number of nitrogens with one attached hydrogen (secondary N) is 1. The molecule has 0 aromatic heterocycles. The summed E-state index contributed by atoms with van der Waals surface area (Å²) >= 11 is 3.15. The average Bonchev–Trinajstić information content (AvgIpc) is 2.14. The van der Waals surface area contributed by atoms with E-state index < -0.39 is 16.1 Å². The third-order valence-electron chi connectivity index (χ3n) is 1.72. The van der Waals surface area contributed by atoms with E-state index in [1.54, 1.807) is 24.3 Å². The minimum atomic E-state index is -3.27. The van der Waals surface area contributed by atoms with E-state index in [0.717, 1.165) is 6.26 Å². The predicted molar refractivity (Wildman–Crippen MR) is 63.7 cm³/mol. The van der Waals surface area contributed by atoms with Gasteiger partial charge in [-0.15, -0.1) is 0 Å². The van der Waals surface area contributed by atoms with Crippen molar-refractivity contribution in [3.05, 3.63) is 29.8 Å². The quantitative estimate of drug-likeness (QED) is 0.827. The van der Waals surface area contributed by atoms with Gasteiger partial charge in [-0.25, -0.2) is 8.42 Å². The van der Waals surface area contributed by atoms with E-state index in [2.05, 4.69) is 20.7 Å². The molecule has 1 atom stereocenters. The summed E-state index contributed by atoms with van der Waals surface area (Å²) in [7, 11) is -3.27. The molecule has 0 saturated heterocycles. The van der Waals surface area contributed by atoms with Crippen molar-refractivity contribution < 1.29 is 13.5 Å². The highest BCUT2D eigenvalue weighted by atomic mass is 79.9. The molecule has 1 rings (SSSR count). The molecule has 2 N–H and O–H groups in total. The minimum Gasteiger partial charge on any atom is -0.388 e. The van der Waals surface area contributed by atoms with Crippen molar-refractivity contribution in [2.45, 2.75) is 6.10 Å². The summed E-state index contributed by atoms with van der Waals surface area (Å²) in [5.74, 6) is 0. The van der Waals surface area contributed by atoms with Crippen molar-refractivity contribution in [2.24, 2.45) is 0 Å². The first-order valence-corrected chi connectivity index (χ1v) is 7.25. The molecule has 0 aliphatic carbocycles. The number of rotatable bonds is 4. The maximum Gasteiger partial charge on any atom is 0.229 e. The van der Waals surface area contributed by atoms with Crippen LogP contribution in [0.1, 0.15) is 11.7 Å². The van der Waals surface area contributed by atoms with Gasteiger partial charge in [0.15, 0.2) is 0 Å². The fourth-order valence-corrected chi connectivity index (χ4v) is 2.04. The van der Waals surface area contributed by atoms with Gasteiger partial charge < -0.3 is 5.11 Å². The summed E-state index contributed by atoms with van der Waals surface area (Å²) in [6, 6.07) is 6.66. The Bertz CT molecular complexity index is 433. The molecule has 0 aliphatic heterocycles. The van der Waals surface area contributed by atoms with Gasteiger partial charge in [-0.05, 0) is 17.7 Å². The average molecular weight is 294 g/mol. The topological polar surface area (TPSA) is 66.4 Å². The number of hydrogen-bond acceptors (Lipinski definition) is 3. The van der Waals surface area contributed by atoms with Crippen molar-refractivity contribution in [1.29, 1.82) is 0 Å². The second-order valence-corrected chi connectivity index (χ2v) is 5.57. The molecular formula is C9H12BrNO3S. The Hall–Kier alpha value is -0.590. The van der Waals surface area contributed by atoms with Gasteiger partial charge in [-0.3, -0.25) is 4.72 Å². The molecule has 1 unspecified atom stereocenters. The maximum absolute atomic E-state index is 11.0. The molecule has 0 radical (unpaired) electrons. The zero-order chi connectivity index (χ0) is 11.5. The molecule has 0 heterocycles. The number of benzene rings is 1. The predicted octanol–water partition coefficient (Wildman–Crippen LogP) is 1.49. The normalized spacial score (nSPS) is 13.5. The number of aliphatic hydroxyl groups excluding tert-OH is 1. The Morgan fingerprint density at radius 1 is 1.53 bits per heavy atom. The first-order valence-electron chi connectivity index (χ1n) is 4.24. The van der Waals surface area contributed by atoms with Crippen molar-refractivity contribution in [1.82, 2.24) is 0 Å². The van der Waals surface area contributed by atoms with Crippen LogP contribution in [0, 0.1) is 0 Å². The molecule has 84 valence electrons.